The Morgan fingerprint density at radius 1 is 1.39 bits per heavy atom. The molecule has 0 saturated heterocycles. The summed E-state index contributed by atoms with van der Waals surface area (Å²) in [6.45, 7) is 1.84. The van der Waals surface area contributed by atoms with Gasteiger partial charge in [-0.05, 0) is 24.6 Å². The molecule has 5 nitrogen and oxygen atoms in total. The lowest BCUT2D eigenvalue weighted by Crippen LogP contribution is -2.16. The van der Waals surface area contributed by atoms with Crippen molar-refractivity contribution in [1.29, 1.82) is 0 Å². The summed E-state index contributed by atoms with van der Waals surface area (Å²) in [5.74, 6) is -0.145. The Kier molecular flexibility index (Phi) is 5.51. The third-order valence-electron chi connectivity index (χ3n) is 2.33. The number of thioether (sulfide) groups is 1. The van der Waals surface area contributed by atoms with E-state index >= 15 is 0 Å². The molecule has 98 valence electrons. The Labute approximate surface area is 110 Å². The van der Waals surface area contributed by atoms with Gasteiger partial charge in [0.1, 0.15) is 0 Å². The molecule has 6 heteroatoms. The maximum atomic E-state index is 11.6. The average molecular weight is 268 g/mol. The minimum atomic E-state index is -0.340. The van der Waals surface area contributed by atoms with Gasteiger partial charge in [0.15, 0.2) is 0 Å². The Bertz CT molecular complexity index is 449. The van der Waals surface area contributed by atoms with Crippen molar-refractivity contribution in [3.63, 3.8) is 0 Å². The highest BCUT2D eigenvalue weighted by Gasteiger charge is 2.08. The summed E-state index contributed by atoms with van der Waals surface area (Å²) in [7, 11) is 1.32. The van der Waals surface area contributed by atoms with Gasteiger partial charge in [0.2, 0.25) is 5.91 Å². The molecule has 0 spiro atoms. The quantitative estimate of drug-likeness (QED) is 0.623. The molecule has 0 bridgehead atoms. The van der Waals surface area contributed by atoms with Crippen LogP contribution in [0.2, 0.25) is 0 Å². The molecule has 0 aliphatic carbocycles. The Balaban J connectivity index is 2.45. The third kappa shape index (κ3) is 4.29. The van der Waals surface area contributed by atoms with Crippen LogP contribution in [-0.2, 0) is 14.3 Å². The van der Waals surface area contributed by atoms with Crippen LogP contribution < -0.4 is 11.1 Å². The van der Waals surface area contributed by atoms with Gasteiger partial charge >= 0.3 is 5.97 Å². The molecule has 1 aromatic rings. The van der Waals surface area contributed by atoms with Crippen molar-refractivity contribution in [3.05, 3.63) is 23.8 Å². The van der Waals surface area contributed by atoms with Crippen molar-refractivity contribution in [2.45, 2.75) is 6.92 Å². The summed E-state index contributed by atoms with van der Waals surface area (Å²) in [5, 5.41) is 2.75. The van der Waals surface area contributed by atoms with E-state index in [-0.39, 0.29) is 23.4 Å². The van der Waals surface area contributed by atoms with E-state index in [1.807, 2.05) is 6.92 Å². The lowest BCUT2D eigenvalue weighted by molar-refractivity contribution is -0.137. The molecule has 1 rings (SSSR count). The molecule has 0 aliphatic rings. The van der Waals surface area contributed by atoms with E-state index in [1.165, 1.54) is 18.9 Å². The van der Waals surface area contributed by atoms with Crippen LogP contribution in [-0.4, -0.2) is 30.5 Å². The molecule has 0 heterocycles. The highest BCUT2D eigenvalue weighted by atomic mass is 32.2. The summed E-state index contributed by atoms with van der Waals surface area (Å²) in [5.41, 5.74) is 7.90. The molecule has 1 amide bonds. The number of carbonyl (C=O) groups excluding carboxylic acids is 2. The number of rotatable bonds is 5. The third-order valence-corrected chi connectivity index (χ3v) is 3.24. The van der Waals surface area contributed by atoms with Crippen LogP contribution in [0.4, 0.5) is 11.4 Å². The number of nitrogens with one attached hydrogen (secondary N) is 1. The van der Waals surface area contributed by atoms with Crippen molar-refractivity contribution in [1.82, 2.24) is 0 Å². The summed E-state index contributed by atoms with van der Waals surface area (Å²) in [4.78, 5) is 22.5. The van der Waals surface area contributed by atoms with Crippen molar-refractivity contribution < 1.29 is 14.3 Å². The zero-order valence-electron chi connectivity index (χ0n) is 10.4. The van der Waals surface area contributed by atoms with E-state index in [0.29, 0.717) is 11.4 Å². The number of carbonyl (C=O) groups is 2. The smallest absolute Gasteiger partial charge is 0.315 e. The molecule has 0 aliphatic heterocycles. The number of hydrogen-bond donors (Lipinski definition) is 2. The van der Waals surface area contributed by atoms with Gasteiger partial charge in [0, 0.05) is 11.4 Å². The SMILES string of the molecule is COC(=O)CSCC(=O)Nc1cccc(N)c1C. The zero-order chi connectivity index (χ0) is 13.5. The van der Waals surface area contributed by atoms with E-state index in [9.17, 15) is 9.59 Å². The molecule has 3 N–H and O–H groups in total. The lowest BCUT2D eigenvalue weighted by Gasteiger charge is -2.09. The molecule has 0 atom stereocenters. The fraction of sp³-hybridized carbons (Fsp3) is 0.333. The van der Waals surface area contributed by atoms with Crippen LogP contribution >= 0.6 is 11.8 Å². The van der Waals surface area contributed by atoms with Crippen LogP contribution in [0.15, 0.2) is 18.2 Å². The largest absolute Gasteiger partial charge is 0.468 e. The lowest BCUT2D eigenvalue weighted by atomic mass is 10.1. The van der Waals surface area contributed by atoms with E-state index in [4.69, 9.17) is 5.73 Å². The van der Waals surface area contributed by atoms with E-state index in [2.05, 4.69) is 10.1 Å². The summed E-state index contributed by atoms with van der Waals surface area (Å²) >= 11 is 1.21. The molecular weight excluding hydrogens is 252 g/mol. The van der Waals surface area contributed by atoms with Crippen LogP contribution in [0, 0.1) is 6.92 Å². The highest BCUT2D eigenvalue weighted by molar-refractivity contribution is 8.00. The maximum Gasteiger partial charge on any atom is 0.315 e. The van der Waals surface area contributed by atoms with Crippen LogP contribution in [0.3, 0.4) is 0 Å². The monoisotopic (exact) mass is 268 g/mol. The normalized spacial score (nSPS) is 9.89. The summed E-state index contributed by atoms with van der Waals surface area (Å²) in [6, 6.07) is 5.34. The summed E-state index contributed by atoms with van der Waals surface area (Å²) in [6.07, 6.45) is 0. The molecule has 0 saturated carbocycles. The van der Waals surface area contributed by atoms with Gasteiger partial charge in [-0.25, -0.2) is 0 Å². The van der Waals surface area contributed by atoms with Gasteiger partial charge in [0.05, 0.1) is 18.6 Å². The number of hydrogen-bond acceptors (Lipinski definition) is 5. The maximum absolute atomic E-state index is 11.6. The fourth-order valence-corrected chi connectivity index (χ4v) is 1.91. The number of esters is 1. The van der Waals surface area contributed by atoms with Gasteiger partial charge in [-0.15, -0.1) is 11.8 Å². The van der Waals surface area contributed by atoms with E-state index in [0.717, 1.165) is 5.56 Å². The number of anilines is 2. The van der Waals surface area contributed by atoms with Gasteiger partial charge < -0.3 is 15.8 Å². The first kappa shape index (κ1) is 14.4. The predicted octanol–water partition coefficient (Wildman–Crippen LogP) is 1.42. The number of amides is 1. The Morgan fingerprint density at radius 2 is 2.11 bits per heavy atom. The average Bonchev–Trinajstić information content (AvgIpc) is 2.34. The molecule has 18 heavy (non-hydrogen) atoms. The molecule has 1 aromatic carbocycles. The van der Waals surface area contributed by atoms with Gasteiger partial charge in [-0.1, -0.05) is 6.07 Å². The zero-order valence-corrected chi connectivity index (χ0v) is 11.2. The van der Waals surface area contributed by atoms with Gasteiger partial charge in [-0.3, -0.25) is 9.59 Å². The van der Waals surface area contributed by atoms with Crippen molar-refractivity contribution >= 4 is 35.0 Å². The van der Waals surface area contributed by atoms with Crippen LogP contribution in [0.5, 0.6) is 0 Å². The second kappa shape index (κ2) is 6.90. The van der Waals surface area contributed by atoms with E-state index in [1.54, 1.807) is 18.2 Å². The number of nitrogens with two attached hydrogens (primary N) is 1. The second-order valence-corrected chi connectivity index (χ2v) is 4.62. The Morgan fingerprint density at radius 3 is 2.78 bits per heavy atom. The van der Waals surface area contributed by atoms with E-state index < -0.39 is 0 Å². The van der Waals surface area contributed by atoms with Gasteiger partial charge in [0.25, 0.3) is 0 Å². The molecular formula is C12H16N2O3S. The highest BCUT2D eigenvalue weighted by Crippen LogP contribution is 2.20. The van der Waals surface area contributed by atoms with Crippen molar-refractivity contribution in [3.8, 4) is 0 Å². The topological polar surface area (TPSA) is 81.4 Å². The van der Waals surface area contributed by atoms with Crippen molar-refractivity contribution in [2.75, 3.05) is 29.7 Å². The standard InChI is InChI=1S/C12H16N2O3S/c1-8-9(13)4-3-5-10(8)14-11(15)6-18-7-12(16)17-2/h3-5H,6-7,13H2,1-2H3,(H,14,15). The predicted molar refractivity (Wildman–Crippen MR) is 73.6 cm³/mol. The number of ether oxygens (including phenoxy) is 1. The number of benzene rings is 1. The van der Waals surface area contributed by atoms with Crippen molar-refractivity contribution in [2.24, 2.45) is 0 Å². The number of nitrogen functional groups attached to an aromatic ring is 1. The molecule has 0 unspecified atom stereocenters. The van der Waals surface area contributed by atoms with Crippen LogP contribution in [0.25, 0.3) is 0 Å². The first-order chi connectivity index (χ1) is 8.54. The number of methoxy groups -OCH3 is 1. The second-order valence-electron chi connectivity index (χ2n) is 3.64. The minimum absolute atomic E-state index is 0.166. The molecule has 0 fully saturated rings. The first-order valence-electron chi connectivity index (χ1n) is 5.34. The first-order valence-corrected chi connectivity index (χ1v) is 6.49. The summed E-state index contributed by atoms with van der Waals surface area (Å²) < 4.78 is 4.48. The fourth-order valence-electron chi connectivity index (χ4n) is 1.26. The van der Waals surface area contributed by atoms with Crippen LogP contribution in [0.1, 0.15) is 5.56 Å². The molecule has 0 radical (unpaired) electrons. The van der Waals surface area contributed by atoms with Gasteiger partial charge in [-0.2, -0.15) is 0 Å². The minimum Gasteiger partial charge on any atom is -0.468 e. The molecule has 0 aromatic heterocycles. The Hall–Kier alpha value is -1.69.